The van der Waals surface area contributed by atoms with Crippen LogP contribution in [0, 0.1) is 0 Å². The van der Waals surface area contributed by atoms with Crippen molar-refractivity contribution in [1.29, 1.82) is 0 Å². The van der Waals surface area contributed by atoms with Crippen LogP contribution in [0.25, 0.3) is 33.4 Å². The fourth-order valence-electron chi connectivity index (χ4n) is 4.96. The summed E-state index contributed by atoms with van der Waals surface area (Å²) in [5, 5.41) is 0. The molecule has 0 saturated carbocycles. The maximum Gasteiger partial charge on any atom is 0.119 e. The van der Waals surface area contributed by atoms with Crippen LogP contribution in [0.3, 0.4) is 0 Å². The Hall–Kier alpha value is -3.60. The molecule has 0 saturated heterocycles. The Morgan fingerprint density at radius 3 is 1.73 bits per heavy atom. The summed E-state index contributed by atoms with van der Waals surface area (Å²) in [6.45, 7) is 7.68. The topological polar surface area (TPSA) is 36.9 Å². The Bertz CT molecular complexity index is 1310. The molecule has 0 fully saturated rings. The van der Waals surface area contributed by atoms with Crippen LogP contribution in [0.2, 0.25) is 0 Å². The van der Waals surface area contributed by atoms with Crippen molar-refractivity contribution in [2.45, 2.75) is 20.3 Å². The van der Waals surface area contributed by atoms with Gasteiger partial charge < -0.3 is 18.9 Å². The van der Waals surface area contributed by atoms with Crippen molar-refractivity contribution in [1.82, 2.24) is 0 Å². The minimum Gasteiger partial charge on any atom is -0.491 e. The molecular weight excluding hydrogens is 460 g/mol. The Morgan fingerprint density at radius 2 is 1.11 bits per heavy atom. The van der Waals surface area contributed by atoms with Crippen LogP contribution in [-0.2, 0) is 15.9 Å². The van der Waals surface area contributed by atoms with E-state index in [9.17, 15) is 0 Å². The lowest BCUT2D eigenvalue weighted by molar-refractivity contribution is 0.110. The largest absolute Gasteiger partial charge is 0.491 e. The summed E-state index contributed by atoms with van der Waals surface area (Å²) in [6.07, 6.45) is 0.930. The van der Waals surface area contributed by atoms with Crippen molar-refractivity contribution in [2.24, 2.45) is 0 Å². The highest BCUT2D eigenvalue weighted by Gasteiger charge is 2.24. The minimum atomic E-state index is 0.549. The fraction of sp³-hybridized carbons (Fsp3) is 0.273. The van der Waals surface area contributed by atoms with Crippen molar-refractivity contribution >= 4 is 0 Å². The Labute approximate surface area is 219 Å². The third kappa shape index (κ3) is 5.71. The monoisotopic (exact) mass is 494 g/mol. The summed E-state index contributed by atoms with van der Waals surface area (Å²) >= 11 is 0. The predicted octanol–water partition coefficient (Wildman–Crippen LogP) is 7.42. The van der Waals surface area contributed by atoms with Gasteiger partial charge in [-0.1, -0.05) is 60.7 Å². The molecule has 0 atom stereocenters. The van der Waals surface area contributed by atoms with Gasteiger partial charge in [-0.25, -0.2) is 0 Å². The van der Waals surface area contributed by atoms with Gasteiger partial charge in [0.05, 0.1) is 13.2 Å². The first kappa shape index (κ1) is 25.1. The van der Waals surface area contributed by atoms with Gasteiger partial charge in [0.15, 0.2) is 0 Å². The normalized spacial score (nSPS) is 11.7. The van der Waals surface area contributed by atoms with Crippen LogP contribution in [0.5, 0.6) is 11.5 Å². The maximum absolute atomic E-state index is 5.87. The van der Waals surface area contributed by atoms with Crippen LogP contribution in [0.15, 0.2) is 84.9 Å². The third-order valence-corrected chi connectivity index (χ3v) is 6.70. The van der Waals surface area contributed by atoms with Crippen molar-refractivity contribution < 1.29 is 18.9 Å². The van der Waals surface area contributed by atoms with E-state index in [1.54, 1.807) is 0 Å². The van der Waals surface area contributed by atoms with Crippen LogP contribution in [0.4, 0.5) is 0 Å². The molecule has 0 spiro atoms. The SMILES string of the molecule is CCOCCOc1ccc(-c2ccc3c(c2-c2ccc(OCCOCC)cc2)Cc2ccccc2-3)cc1. The van der Waals surface area contributed by atoms with Crippen LogP contribution in [-0.4, -0.2) is 39.6 Å². The molecule has 37 heavy (non-hydrogen) atoms. The summed E-state index contributed by atoms with van der Waals surface area (Å²) in [4.78, 5) is 0. The van der Waals surface area contributed by atoms with E-state index in [1.807, 2.05) is 26.0 Å². The average Bonchev–Trinajstić information content (AvgIpc) is 3.33. The van der Waals surface area contributed by atoms with Crippen molar-refractivity contribution in [3.8, 4) is 44.9 Å². The van der Waals surface area contributed by atoms with Gasteiger partial charge in [0.2, 0.25) is 0 Å². The molecule has 1 aliphatic carbocycles. The van der Waals surface area contributed by atoms with Crippen LogP contribution in [0.1, 0.15) is 25.0 Å². The molecule has 4 aromatic rings. The lowest BCUT2D eigenvalue weighted by atomic mass is 9.88. The second kappa shape index (κ2) is 12.1. The first-order valence-electron chi connectivity index (χ1n) is 13.1. The number of ether oxygens (including phenoxy) is 4. The molecule has 0 amide bonds. The van der Waals surface area contributed by atoms with E-state index in [0.717, 1.165) is 17.9 Å². The van der Waals surface area contributed by atoms with Crippen molar-refractivity contribution in [2.75, 3.05) is 39.6 Å². The third-order valence-electron chi connectivity index (χ3n) is 6.70. The summed E-state index contributed by atoms with van der Waals surface area (Å²) in [6, 6.07) is 30.1. The van der Waals surface area contributed by atoms with Gasteiger partial charge in [-0.15, -0.1) is 0 Å². The molecule has 0 aliphatic heterocycles. The molecule has 5 rings (SSSR count). The molecule has 0 heterocycles. The molecule has 0 radical (unpaired) electrons. The van der Waals surface area contributed by atoms with E-state index in [1.165, 1.54) is 44.5 Å². The average molecular weight is 495 g/mol. The smallest absolute Gasteiger partial charge is 0.119 e. The highest BCUT2D eigenvalue weighted by molar-refractivity contribution is 5.93. The molecule has 190 valence electrons. The zero-order valence-electron chi connectivity index (χ0n) is 21.7. The fourth-order valence-corrected chi connectivity index (χ4v) is 4.96. The van der Waals surface area contributed by atoms with Crippen LogP contribution < -0.4 is 9.47 Å². The summed E-state index contributed by atoms with van der Waals surface area (Å²) in [7, 11) is 0. The zero-order valence-corrected chi connectivity index (χ0v) is 21.7. The second-order valence-electron chi connectivity index (χ2n) is 8.99. The highest BCUT2D eigenvalue weighted by atomic mass is 16.5. The lowest BCUT2D eigenvalue weighted by Gasteiger charge is -2.17. The number of fused-ring (bicyclic) bond motifs is 3. The summed E-state index contributed by atoms with van der Waals surface area (Å²) in [5.74, 6) is 1.71. The molecule has 0 unspecified atom stereocenters. The lowest BCUT2D eigenvalue weighted by Crippen LogP contribution is -2.06. The van der Waals surface area contributed by atoms with Gasteiger partial charge in [-0.2, -0.15) is 0 Å². The van der Waals surface area contributed by atoms with Gasteiger partial charge in [0.25, 0.3) is 0 Å². The zero-order chi connectivity index (χ0) is 25.5. The summed E-state index contributed by atoms with van der Waals surface area (Å²) < 4.78 is 22.5. The standard InChI is InChI=1S/C33H34O4/c1-3-34-19-21-36-27-13-9-24(10-14-27)30-17-18-31-29-8-6-5-7-26(29)23-32(31)33(30)25-11-15-28(16-12-25)37-22-20-35-4-2/h5-18H,3-4,19-23H2,1-2H3. The predicted molar refractivity (Wildman–Crippen MR) is 150 cm³/mol. The highest BCUT2D eigenvalue weighted by Crippen LogP contribution is 2.46. The molecule has 4 aromatic carbocycles. The van der Waals surface area contributed by atoms with Gasteiger partial charge in [0, 0.05) is 13.2 Å². The van der Waals surface area contributed by atoms with E-state index < -0.39 is 0 Å². The van der Waals surface area contributed by atoms with Crippen LogP contribution >= 0.6 is 0 Å². The van der Waals surface area contributed by atoms with E-state index in [-0.39, 0.29) is 0 Å². The Kier molecular flexibility index (Phi) is 8.19. The minimum absolute atomic E-state index is 0.549. The Balaban J connectivity index is 1.47. The molecule has 0 aromatic heterocycles. The quantitative estimate of drug-likeness (QED) is 0.169. The molecule has 4 heteroatoms. The van der Waals surface area contributed by atoms with Gasteiger partial charge in [-0.05, 0) is 89.0 Å². The molecule has 4 nitrogen and oxygen atoms in total. The van der Waals surface area contributed by atoms with E-state index in [4.69, 9.17) is 18.9 Å². The maximum atomic E-state index is 5.87. The van der Waals surface area contributed by atoms with Gasteiger partial charge >= 0.3 is 0 Å². The number of rotatable bonds is 12. The molecule has 1 aliphatic rings. The molecule has 0 N–H and O–H groups in total. The summed E-state index contributed by atoms with van der Waals surface area (Å²) in [5.41, 5.74) is 10.3. The van der Waals surface area contributed by atoms with Crippen molar-refractivity contribution in [3.63, 3.8) is 0 Å². The van der Waals surface area contributed by atoms with E-state index >= 15 is 0 Å². The second-order valence-corrected chi connectivity index (χ2v) is 8.99. The van der Waals surface area contributed by atoms with E-state index in [0.29, 0.717) is 39.6 Å². The number of hydrogen-bond donors (Lipinski definition) is 0. The number of hydrogen-bond acceptors (Lipinski definition) is 4. The van der Waals surface area contributed by atoms with Gasteiger partial charge in [-0.3, -0.25) is 0 Å². The van der Waals surface area contributed by atoms with Gasteiger partial charge in [0.1, 0.15) is 24.7 Å². The molecular formula is C33H34O4. The van der Waals surface area contributed by atoms with Crippen molar-refractivity contribution in [3.05, 3.63) is 96.1 Å². The number of benzene rings is 4. The molecule has 0 bridgehead atoms. The Morgan fingerprint density at radius 1 is 0.541 bits per heavy atom. The van der Waals surface area contributed by atoms with E-state index in [2.05, 4.69) is 72.8 Å². The first-order chi connectivity index (χ1) is 18.3. The first-order valence-corrected chi connectivity index (χ1v) is 13.1.